The molecule has 1 aliphatic carbocycles. The van der Waals surface area contributed by atoms with Crippen LogP contribution in [0.4, 0.5) is 11.4 Å². The van der Waals surface area contributed by atoms with Crippen LogP contribution in [0, 0.1) is 5.92 Å². The first-order chi connectivity index (χ1) is 14.7. The fourth-order valence-corrected chi connectivity index (χ4v) is 4.87. The molecule has 4 rings (SSSR count). The number of anilines is 2. The second kappa shape index (κ2) is 9.59. The average molecular weight is 405 g/mol. The Labute approximate surface area is 182 Å². The molecule has 3 unspecified atom stereocenters. The van der Waals surface area contributed by atoms with Crippen molar-refractivity contribution in [2.75, 3.05) is 30.9 Å². The van der Waals surface area contributed by atoms with E-state index < -0.39 is 0 Å². The molecule has 3 heteroatoms. The number of ether oxygens (including phenoxy) is 1. The summed E-state index contributed by atoms with van der Waals surface area (Å²) in [6, 6.07) is 16.0. The molecule has 0 aromatic heterocycles. The van der Waals surface area contributed by atoms with Crippen LogP contribution < -0.4 is 15.0 Å². The van der Waals surface area contributed by atoms with E-state index in [4.69, 9.17) is 4.74 Å². The lowest BCUT2D eigenvalue weighted by Crippen LogP contribution is -2.29. The molecule has 2 aromatic carbocycles. The number of rotatable bonds is 9. The second-order valence-corrected chi connectivity index (χ2v) is 8.97. The molecule has 160 valence electrons. The van der Waals surface area contributed by atoms with Gasteiger partial charge in [0.05, 0.1) is 12.6 Å². The molecule has 2 aliphatic rings. The zero-order valence-electron chi connectivity index (χ0n) is 18.7. The molecule has 0 spiro atoms. The summed E-state index contributed by atoms with van der Waals surface area (Å²) >= 11 is 0. The van der Waals surface area contributed by atoms with Crippen molar-refractivity contribution in [3.63, 3.8) is 0 Å². The van der Waals surface area contributed by atoms with Crippen LogP contribution >= 0.6 is 0 Å². The van der Waals surface area contributed by atoms with Crippen LogP contribution in [0.3, 0.4) is 0 Å². The van der Waals surface area contributed by atoms with Crippen LogP contribution in [-0.2, 0) is 0 Å². The summed E-state index contributed by atoms with van der Waals surface area (Å²) in [6.45, 7) is 3.08. The van der Waals surface area contributed by atoms with Gasteiger partial charge in [-0.15, -0.1) is 0 Å². The van der Waals surface area contributed by atoms with E-state index in [1.54, 1.807) is 0 Å². The van der Waals surface area contributed by atoms with E-state index in [1.165, 1.54) is 48.2 Å². The van der Waals surface area contributed by atoms with Gasteiger partial charge < -0.3 is 15.0 Å². The Morgan fingerprint density at radius 1 is 1.00 bits per heavy atom. The molecule has 3 nitrogen and oxygen atoms in total. The van der Waals surface area contributed by atoms with E-state index in [0.29, 0.717) is 17.9 Å². The third kappa shape index (κ3) is 4.50. The lowest BCUT2D eigenvalue weighted by Gasteiger charge is -2.37. The number of nitrogens with zero attached hydrogens (tertiary/aromatic N) is 1. The lowest BCUT2D eigenvalue weighted by molar-refractivity contribution is 0.303. The normalized spacial score (nSPS) is 21.6. The molecule has 1 N–H and O–H groups in total. The Hall–Kier alpha value is -2.42. The van der Waals surface area contributed by atoms with E-state index >= 15 is 0 Å². The van der Waals surface area contributed by atoms with Crippen molar-refractivity contribution in [1.29, 1.82) is 0 Å². The topological polar surface area (TPSA) is 24.5 Å². The largest absolute Gasteiger partial charge is 0.494 e. The maximum absolute atomic E-state index is 6.09. The number of hydrogen-bond acceptors (Lipinski definition) is 3. The Morgan fingerprint density at radius 3 is 2.57 bits per heavy atom. The molecule has 0 saturated heterocycles. The summed E-state index contributed by atoms with van der Waals surface area (Å²) < 4.78 is 6.09. The van der Waals surface area contributed by atoms with Gasteiger partial charge in [0.25, 0.3) is 0 Å². The van der Waals surface area contributed by atoms with Crippen molar-refractivity contribution >= 4 is 11.4 Å². The molecule has 1 heterocycles. The Kier molecular flexibility index (Phi) is 6.66. The van der Waals surface area contributed by atoms with Crippen LogP contribution in [0.1, 0.15) is 68.5 Å². The highest BCUT2D eigenvalue weighted by atomic mass is 16.5. The fraction of sp³-hybridized carbons (Fsp3) is 0.481. The minimum atomic E-state index is 0.346. The first-order valence-corrected chi connectivity index (χ1v) is 11.6. The maximum Gasteiger partial charge on any atom is 0.119 e. The quantitative estimate of drug-likeness (QED) is 0.362. The number of fused-ring (bicyclic) bond motifs is 3. The van der Waals surface area contributed by atoms with Crippen LogP contribution in [0.25, 0.3) is 0 Å². The molecule has 0 amide bonds. The van der Waals surface area contributed by atoms with E-state index in [1.807, 2.05) is 0 Å². The van der Waals surface area contributed by atoms with Gasteiger partial charge in [0.2, 0.25) is 0 Å². The van der Waals surface area contributed by atoms with Crippen molar-refractivity contribution in [3.8, 4) is 5.75 Å². The highest BCUT2D eigenvalue weighted by molar-refractivity contribution is 5.62. The Bertz CT molecular complexity index is 856. The summed E-state index contributed by atoms with van der Waals surface area (Å²) in [5.74, 6) is 2.04. The molecule has 0 radical (unpaired) electrons. The monoisotopic (exact) mass is 404 g/mol. The van der Waals surface area contributed by atoms with Crippen molar-refractivity contribution in [3.05, 3.63) is 65.7 Å². The van der Waals surface area contributed by atoms with Gasteiger partial charge in [-0.1, -0.05) is 56.9 Å². The minimum absolute atomic E-state index is 0.346. The fourth-order valence-electron chi connectivity index (χ4n) is 4.87. The van der Waals surface area contributed by atoms with Gasteiger partial charge in [0.15, 0.2) is 0 Å². The number of nitrogens with one attached hydrogen (secondary N) is 1. The zero-order chi connectivity index (χ0) is 20.9. The molecule has 0 saturated carbocycles. The lowest BCUT2D eigenvalue weighted by atomic mass is 9.77. The molecule has 2 aromatic rings. The van der Waals surface area contributed by atoms with E-state index in [-0.39, 0.29) is 0 Å². The Balaban J connectivity index is 1.46. The summed E-state index contributed by atoms with van der Waals surface area (Å²) in [6.07, 6.45) is 12.2. The van der Waals surface area contributed by atoms with Gasteiger partial charge in [0, 0.05) is 31.4 Å². The van der Waals surface area contributed by atoms with E-state index in [9.17, 15) is 0 Å². The predicted molar refractivity (Wildman–Crippen MR) is 128 cm³/mol. The smallest absolute Gasteiger partial charge is 0.119 e. The van der Waals surface area contributed by atoms with Crippen LogP contribution in [0.2, 0.25) is 0 Å². The SMILES string of the molecule is CCCCCCCOc1ccc2c(c1)C1C=CCC1C(c1ccc(N(C)C)cc1)N2. The third-order valence-corrected chi connectivity index (χ3v) is 6.62. The van der Waals surface area contributed by atoms with Crippen molar-refractivity contribution in [2.24, 2.45) is 5.92 Å². The molecule has 1 aliphatic heterocycles. The number of allylic oxidation sites excluding steroid dienone is 2. The van der Waals surface area contributed by atoms with Gasteiger partial charge in [-0.2, -0.15) is 0 Å². The van der Waals surface area contributed by atoms with Gasteiger partial charge in [-0.3, -0.25) is 0 Å². The van der Waals surface area contributed by atoms with Gasteiger partial charge in [-0.25, -0.2) is 0 Å². The third-order valence-electron chi connectivity index (χ3n) is 6.62. The van der Waals surface area contributed by atoms with Crippen molar-refractivity contribution < 1.29 is 4.74 Å². The van der Waals surface area contributed by atoms with E-state index in [0.717, 1.165) is 25.2 Å². The summed E-state index contributed by atoms with van der Waals surface area (Å²) in [4.78, 5) is 2.15. The molecule has 3 atom stereocenters. The summed E-state index contributed by atoms with van der Waals surface area (Å²) in [5, 5.41) is 3.84. The standard InChI is InChI=1S/C27H36N2O/c1-4-5-6-7-8-18-30-22-16-17-26-25(19-22)23-10-9-11-24(23)27(28-26)20-12-14-21(15-13-20)29(2)3/h9-10,12-17,19,23-24,27-28H,4-8,11,18H2,1-3H3. The minimum Gasteiger partial charge on any atom is -0.494 e. The first kappa shape index (κ1) is 20.8. The highest BCUT2D eigenvalue weighted by Gasteiger charge is 2.38. The number of hydrogen-bond donors (Lipinski definition) is 1. The van der Waals surface area contributed by atoms with Crippen LogP contribution in [-0.4, -0.2) is 20.7 Å². The molecule has 30 heavy (non-hydrogen) atoms. The molecular formula is C27H36N2O. The summed E-state index contributed by atoms with van der Waals surface area (Å²) in [5.41, 5.74) is 5.25. The van der Waals surface area contributed by atoms with Gasteiger partial charge >= 0.3 is 0 Å². The highest BCUT2D eigenvalue weighted by Crippen LogP contribution is 2.50. The molecule has 0 fully saturated rings. The first-order valence-electron chi connectivity index (χ1n) is 11.6. The van der Waals surface area contributed by atoms with E-state index in [2.05, 4.69) is 85.9 Å². The van der Waals surface area contributed by atoms with Crippen LogP contribution in [0.15, 0.2) is 54.6 Å². The van der Waals surface area contributed by atoms with Gasteiger partial charge in [0.1, 0.15) is 5.75 Å². The van der Waals surface area contributed by atoms with Crippen LogP contribution in [0.5, 0.6) is 5.75 Å². The predicted octanol–water partition coefficient (Wildman–Crippen LogP) is 6.93. The number of benzene rings is 2. The van der Waals surface area contributed by atoms with Gasteiger partial charge in [-0.05, 0) is 60.2 Å². The molecular weight excluding hydrogens is 368 g/mol. The van der Waals surface area contributed by atoms with Crippen molar-refractivity contribution in [2.45, 2.75) is 57.4 Å². The zero-order valence-corrected chi connectivity index (χ0v) is 18.7. The average Bonchev–Trinajstić information content (AvgIpc) is 3.26. The Morgan fingerprint density at radius 2 is 1.80 bits per heavy atom. The second-order valence-electron chi connectivity index (χ2n) is 8.97. The summed E-state index contributed by atoms with van der Waals surface area (Å²) in [7, 11) is 4.18. The molecule has 0 bridgehead atoms. The van der Waals surface area contributed by atoms with Crippen molar-refractivity contribution in [1.82, 2.24) is 0 Å². The number of unbranched alkanes of at least 4 members (excludes halogenated alkanes) is 4. The maximum atomic E-state index is 6.09.